The van der Waals surface area contributed by atoms with Gasteiger partial charge in [0.2, 0.25) is 5.89 Å². The van der Waals surface area contributed by atoms with E-state index in [1.807, 2.05) is 6.07 Å². The summed E-state index contributed by atoms with van der Waals surface area (Å²) in [5.74, 6) is 2.13. The SMILES string of the molecule is O=c1cc2c(nn1CCN1CCN(Cc3noc(C4CCC4)n3)CC1)CCCC2. The molecule has 0 radical (unpaired) electrons. The van der Waals surface area contributed by atoms with Gasteiger partial charge in [0.05, 0.1) is 18.8 Å². The molecule has 156 valence electrons. The molecule has 2 aliphatic carbocycles. The van der Waals surface area contributed by atoms with Crippen molar-refractivity contribution in [3.05, 3.63) is 39.4 Å². The number of fused-ring (bicyclic) bond motifs is 1. The Morgan fingerprint density at radius 2 is 1.79 bits per heavy atom. The van der Waals surface area contributed by atoms with Crippen LogP contribution in [-0.4, -0.2) is 62.4 Å². The lowest BCUT2D eigenvalue weighted by molar-refractivity contribution is 0.119. The number of rotatable bonds is 6. The zero-order chi connectivity index (χ0) is 19.6. The summed E-state index contributed by atoms with van der Waals surface area (Å²) in [6.07, 6.45) is 8.01. The largest absolute Gasteiger partial charge is 0.339 e. The van der Waals surface area contributed by atoms with E-state index in [2.05, 4.69) is 25.0 Å². The summed E-state index contributed by atoms with van der Waals surface area (Å²) in [4.78, 5) is 21.7. The molecule has 8 heteroatoms. The normalized spacial score (nSPS) is 21.1. The Morgan fingerprint density at radius 3 is 2.59 bits per heavy atom. The van der Waals surface area contributed by atoms with Crippen molar-refractivity contribution in [2.75, 3.05) is 32.7 Å². The van der Waals surface area contributed by atoms with Crippen LogP contribution in [0.5, 0.6) is 0 Å². The van der Waals surface area contributed by atoms with Crippen molar-refractivity contribution in [3.8, 4) is 0 Å². The van der Waals surface area contributed by atoms with Crippen LogP contribution in [0.3, 0.4) is 0 Å². The van der Waals surface area contributed by atoms with Crippen LogP contribution >= 0.6 is 0 Å². The summed E-state index contributed by atoms with van der Waals surface area (Å²) in [5, 5.41) is 8.80. The molecule has 0 atom stereocenters. The molecule has 0 unspecified atom stereocenters. The Balaban J connectivity index is 1.10. The molecular formula is C21H30N6O2. The molecule has 29 heavy (non-hydrogen) atoms. The van der Waals surface area contributed by atoms with E-state index in [-0.39, 0.29) is 5.56 Å². The zero-order valence-electron chi connectivity index (χ0n) is 17.1. The molecule has 0 amide bonds. The second-order valence-electron chi connectivity index (χ2n) is 8.68. The molecule has 0 aromatic carbocycles. The summed E-state index contributed by atoms with van der Waals surface area (Å²) in [6.45, 7) is 6.25. The molecule has 2 aromatic rings. The maximum absolute atomic E-state index is 12.3. The number of aryl methyl sites for hydroxylation is 2. The third kappa shape index (κ3) is 4.28. The van der Waals surface area contributed by atoms with Crippen LogP contribution in [0.2, 0.25) is 0 Å². The molecule has 1 saturated heterocycles. The van der Waals surface area contributed by atoms with Crippen molar-refractivity contribution in [1.29, 1.82) is 0 Å². The monoisotopic (exact) mass is 398 g/mol. The van der Waals surface area contributed by atoms with E-state index in [1.54, 1.807) is 4.68 Å². The molecule has 1 saturated carbocycles. The van der Waals surface area contributed by atoms with Gasteiger partial charge in [-0.15, -0.1) is 0 Å². The number of aromatic nitrogens is 4. The Morgan fingerprint density at radius 1 is 1.00 bits per heavy atom. The smallest absolute Gasteiger partial charge is 0.267 e. The Bertz CT molecular complexity index is 895. The van der Waals surface area contributed by atoms with Gasteiger partial charge < -0.3 is 4.52 Å². The number of hydrogen-bond donors (Lipinski definition) is 0. The number of piperazine rings is 1. The van der Waals surface area contributed by atoms with Crippen LogP contribution in [-0.2, 0) is 25.9 Å². The lowest BCUT2D eigenvalue weighted by Crippen LogP contribution is -2.47. The summed E-state index contributed by atoms with van der Waals surface area (Å²) in [7, 11) is 0. The second kappa shape index (κ2) is 8.36. The highest BCUT2D eigenvalue weighted by Gasteiger charge is 2.26. The second-order valence-corrected chi connectivity index (χ2v) is 8.68. The Hall–Kier alpha value is -2.06. The standard InChI is InChI=1S/C21H30N6O2/c28-20-14-17-4-1-2-7-18(17)23-27(20)13-12-25-8-10-26(11-9-25)15-19-22-21(29-24-19)16-5-3-6-16/h14,16H,1-13,15H2. The summed E-state index contributed by atoms with van der Waals surface area (Å²) in [5.41, 5.74) is 2.33. The van der Waals surface area contributed by atoms with Crippen LogP contribution in [0.15, 0.2) is 15.4 Å². The molecule has 5 rings (SSSR count). The predicted octanol–water partition coefficient (Wildman–Crippen LogP) is 1.59. The van der Waals surface area contributed by atoms with Crippen LogP contribution < -0.4 is 5.56 Å². The molecule has 1 aliphatic heterocycles. The maximum Gasteiger partial charge on any atom is 0.267 e. The third-order valence-electron chi connectivity index (χ3n) is 6.67. The molecule has 8 nitrogen and oxygen atoms in total. The van der Waals surface area contributed by atoms with Crippen molar-refractivity contribution < 1.29 is 4.52 Å². The fourth-order valence-corrected chi connectivity index (χ4v) is 4.52. The van der Waals surface area contributed by atoms with Gasteiger partial charge in [-0.2, -0.15) is 10.1 Å². The van der Waals surface area contributed by atoms with Crippen molar-refractivity contribution in [2.45, 2.75) is 64.0 Å². The van der Waals surface area contributed by atoms with E-state index in [4.69, 9.17) is 4.52 Å². The molecular weight excluding hydrogens is 368 g/mol. The highest BCUT2D eigenvalue weighted by molar-refractivity contribution is 5.20. The van der Waals surface area contributed by atoms with E-state index in [9.17, 15) is 4.79 Å². The quantitative estimate of drug-likeness (QED) is 0.731. The van der Waals surface area contributed by atoms with E-state index in [1.165, 1.54) is 32.1 Å². The van der Waals surface area contributed by atoms with E-state index in [0.29, 0.717) is 12.5 Å². The van der Waals surface area contributed by atoms with Gasteiger partial charge in [0.15, 0.2) is 5.82 Å². The number of nitrogens with zero attached hydrogens (tertiary/aromatic N) is 6. The van der Waals surface area contributed by atoms with Gasteiger partial charge in [0.25, 0.3) is 5.56 Å². The van der Waals surface area contributed by atoms with Crippen molar-refractivity contribution in [3.63, 3.8) is 0 Å². The van der Waals surface area contributed by atoms with Crippen molar-refractivity contribution in [1.82, 2.24) is 29.7 Å². The van der Waals surface area contributed by atoms with Gasteiger partial charge in [-0.3, -0.25) is 14.6 Å². The van der Waals surface area contributed by atoms with Crippen LogP contribution in [0, 0.1) is 0 Å². The molecule has 2 aromatic heterocycles. The minimum absolute atomic E-state index is 0.0451. The third-order valence-corrected chi connectivity index (χ3v) is 6.67. The maximum atomic E-state index is 12.3. The van der Waals surface area contributed by atoms with E-state index in [0.717, 1.165) is 75.1 Å². The topological polar surface area (TPSA) is 80.3 Å². The number of hydrogen-bond acceptors (Lipinski definition) is 7. The van der Waals surface area contributed by atoms with E-state index < -0.39 is 0 Å². The Kier molecular flexibility index (Phi) is 5.46. The van der Waals surface area contributed by atoms with Crippen LogP contribution in [0.1, 0.15) is 61.0 Å². The fourth-order valence-electron chi connectivity index (χ4n) is 4.52. The van der Waals surface area contributed by atoms with Gasteiger partial charge in [0.1, 0.15) is 0 Å². The lowest BCUT2D eigenvalue weighted by Gasteiger charge is -2.34. The first kappa shape index (κ1) is 18.9. The molecule has 0 bridgehead atoms. The van der Waals surface area contributed by atoms with Gasteiger partial charge >= 0.3 is 0 Å². The Labute approximate surface area is 170 Å². The van der Waals surface area contributed by atoms with Gasteiger partial charge in [-0.05, 0) is 44.1 Å². The summed E-state index contributed by atoms with van der Waals surface area (Å²) < 4.78 is 7.10. The molecule has 0 N–H and O–H groups in total. The highest BCUT2D eigenvalue weighted by Crippen LogP contribution is 2.35. The molecule has 3 heterocycles. The fraction of sp³-hybridized carbons (Fsp3) is 0.714. The molecule has 0 spiro atoms. The van der Waals surface area contributed by atoms with E-state index >= 15 is 0 Å². The van der Waals surface area contributed by atoms with Crippen LogP contribution in [0.25, 0.3) is 0 Å². The van der Waals surface area contributed by atoms with Crippen LogP contribution in [0.4, 0.5) is 0 Å². The lowest BCUT2D eigenvalue weighted by atomic mass is 9.85. The minimum atomic E-state index is 0.0451. The molecule has 2 fully saturated rings. The van der Waals surface area contributed by atoms with Crippen molar-refractivity contribution >= 4 is 0 Å². The average molecular weight is 399 g/mol. The summed E-state index contributed by atoms with van der Waals surface area (Å²) in [6, 6.07) is 1.81. The first-order valence-corrected chi connectivity index (χ1v) is 11.1. The summed E-state index contributed by atoms with van der Waals surface area (Å²) >= 11 is 0. The van der Waals surface area contributed by atoms with Crippen molar-refractivity contribution in [2.24, 2.45) is 0 Å². The van der Waals surface area contributed by atoms with Gasteiger partial charge in [-0.25, -0.2) is 4.68 Å². The highest BCUT2D eigenvalue weighted by atomic mass is 16.5. The first-order valence-electron chi connectivity index (χ1n) is 11.1. The zero-order valence-corrected chi connectivity index (χ0v) is 17.1. The van der Waals surface area contributed by atoms with Gasteiger partial charge in [0, 0.05) is 44.7 Å². The first-order chi connectivity index (χ1) is 14.2. The molecule has 3 aliphatic rings. The average Bonchev–Trinajstić information content (AvgIpc) is 3.14. The van der Waals surface area contributed by atoms with Gasteiger partial charge in [-0.1, -0.05) is 11.6 Å². The predicted molar refractivity (Wildman–Crippen MR) is 108 cm³/mol. The minimum Gasteiger partial charge on any atom is -0.339 e.